The molecule has 1 radical (unpaired) electrons. The highest BCUT2D eigenvalue weighted by Gasteiger charge is 2.05. The minimum absolute atomic E-state index is 0.331. The van der Waals surface area contributed by atoms with Gasteiger partial charge in [0.2, 0.25) is 0 Å². The fourth-order valence-electron chi connectivity index (χ4n) is 0.666. The summed E-state index contributed by atoms with van der Waals surface area (Å²) in [6.45, 7) is 6.76. The molecular weight excluding hydrogens is 104 g/mol. The van der Waals surface area contributed by atoms with Crippen molar-refractivity contribution in [2.45, 2.75) is 0 Å². The lowest BCUT2D eigenvalue weighted by Gasteiger charge is -2.02. The summed E-state index contributed by atoms with van der Waals surface area (Å²) in [6, 6.07) is 0. The Bertz CT molecular complexity index is 55.5. The summed E-state index contributed by atoms with van der Waals surface area (Å²) in [5, 5.41) is 0. The van der Waals surface area contributed by atoms with Crippen molar-refractivity contribution in [3.05, 3.63) is 6.92 Å². The van der Waals surface area contributed by atoms with Crippen LogP contribution in [0.3, 0.4) is 0 Å². The Kier molecular flexibility index (Phi) is 2.30. The number of hydrogen-bond donors (Lipinski definition) is 0. The van der Waals surface area contributed by atoms with Gasteiger partial charge in [0, 0.05) is 5.92 Å². The Morgan fingerprint density at radius 1 is 1.12 bits per heavy atom. The first kappa shape index (κ1) is 6.05. The fraction of sp³-hybridized carbons (Fsp3) is 0.833. The largest absolute Gasteiger partial charge is 0.379 e. The zero-order chi connectivity index (χ0) is 5.82. The van der Waals surface area contributed by atoms with Gasteiger partial charge in [-0.15, -0.1) is 0 Å². The van der Waals surface area contributed by atoms with Gasteiger partial charge in [-0.25, -0.2) is 0 Å². The van der Waals surface area contributed by atoms with E-state index in [2.05, 4.69) is 6.92 Å². The normalized spacial score (nSPS) is 25.1. The van der Waals surface area contributed by atoms with E-state index in [1.807, 2.05) is 0 Å². The summed E-state index contributed by atoms with van der Waals surface area (Å²) in [4.78, 5) is 0. The summed E-state index contributed by atoms with van der Waals surface area (Å²) in [5.41, 5.74) is 0. The first-order valence-corrected chi connectivity index (χ1v) is 2.88. The Labute approximate surface area is 49.8 Å². The van der Waals surface area contributed by atoms with Crippen molar-refractivity contribution in [2.24, 2.45) is 5.92 Å². The van der Waals surface area contributed by atoms with Crippen LogP contribution in [0.2, 0.25) is 0 Å². The van der Waals surface area contributed by atoms with Crippen molar-refractivity contribution in [1.29, 1.82) is 0 Å². The second kappa shape index (κ2) is 3.05. The molecule has 2 heteroatoms. The standard InChI is InChI=1S/C6H11O2/c1-6-4-7-2-3-8-5-6/h6H,1-5H2. The average Bonchev–Trinajstić information content (AvgIpc) is 1.94. The van der Waals surface area contributed by atoms with Crippen molar-refractivity contribution in [3.8, 4) is 0 Å². The van der Waals surface area contributed by atoms with Crippen LogP contribution < -0.4 is 0 Å². The van der Waals surface area contributed by atoms with E-state index in [4.69, 9.17) is 9.47 Å². The van der Waals surface area contributed by atoms with Gasteiger partial charge in [-0.2, -0.15) is 0 Å². The number of ether oxygens (including phenoxy) is 2. The highest BCUT2D eigenvalue weighted by Crippen LogP contribution is 1.99. The van der Waals surface area contributed by atoms with E-state index in [-0.39, 0.29) is 0 Å². The van der Waals surface area contributed by atoms with E-state index >= 15 is 0 Å². The zero-order valence-electron chi connectivity index (χ0n) is 4.93. The van der Waals surface area contributed by atoms with Gasteiger partial charge in [0.05, 0.1) is 26.4 Å². The van der Waals surface area contributed by atoms with Gasteiger partial charge in [0.15, 0.2) is 0 Å². The molecule has 8 heavy (non-hydrogen) atoms. The molecule has 0 saturated carbocycles. The second-order valence-corrected chi connectivity index (χ2v) is 2.02. The van der Waals surface area contributed by atoms with E-state index in [0.29, 0.717) is 5.92 Å². The Hall–Kier alpha value is -0.0800. The first-order valence-electron chi connectivity index (χ1n) is 2.88. The molecule has 0 unspecified atom stereocenters. The molecule has 2 nitrogen and oxygen atoms in total. The van der Waals surface area contributed by atoms with Crippen LogP contribution in [0.1, 0.15) is 0 Å². The summed E-state index contributed by atoms with van der Waals surface area (Å²) in [7, 11) is 0. The van der Waals surface area contributed by atoms with Crippen molar-refractivity contribution in [1.82, 2.24) is 0 Å². The van der Waals surface area contributed by atoms with Gasteiger partial charge in [-0.3, -0.25) is 0 Å². The molecule has 0 aliphatic carbocycles. The monoisotopic (exact) mass is 115 g/mol. The van der Waals surface area contributed by atoms with Gasteiger partial charge in [0.1, 0.15) is 0 Å². The lowest BCUT2D eigenvalue weighted by Crippen LogP contribution is -2.06. The van der Waals surface area contributed by atoms with Gasteiger partial charge in [-0.05, 0) is 6.92 Å². The lowest BCUT2D eigenvalue weighted by molar-refractivity contribution is 0.103. The van der Waals surface area contributed by atoms with E-state index in [9.17, 15) is 0 Å². The van der Waals surface area contributed by atoms with Crippen LogP contribution in [0.15, 0.2) is 0 Å². The van der Waals surface area contributed by atoms with Crippen LogP contribution in [-0.4, -0.2) is 26.4 Å². The molecule has 1 fully saturated rings. The maximum atomic E-state index is 5.12. The van der Waals surface area contributed by atoms with E-state index in [0.717, 1.165) is 26.4 Å². The first-order chi connectivity index (χ1) is 3.89. The Morgan fingerprint density at radius 3 is 2.12 bits per heavy atom. The van der Waals surface area contributed by atoms with Gasteiger partial charge in [-0.1, -0.05) is 0 Å². The molecule has 1 aliphatic rings. The fourth-order valence-corrected chi connectivity index (χ4v) is 0.666. The SMILES string of the molecule is [CH2]C1COCCOC1. The predicted octanol–water partition coefficient (Wildman–Crippen LogP) is 0.483. The third kappa shape index (κ3) is 1.80. The molecule has 1 saturated heterocycles. The molecule has 47 valence electrons. The van der Waals surface area contributed by atoms with Crippen LogP contribution in [0.4, 0.5) is 0 Å². The van der Waals surface area contributed by atoms with Crippen LogP contribution >= 0.6 is 0 Å². The summed E-state index contributed by atoms with van der Waals surface area (Å²) in [5.74, 6) is 0.331. The number of hydrogen-bond acceptors (Lipinski definition) is 2. The van der Waals surface area contributed by atoms with Crippen molar-refractivity contribution in [2.75, 3.05) is 26.4 Å². The van der Waals surface area contributed by atoms with E-state index in [1.54, 1.807) is 0 Å². The predicted molar refractivity (Wildman–Crippen MR) is 30.5 cm³/mol. The molecule has 0 atom stereocenters. The quantitative estimate of drug-likeness (QED) is 0.457. The van der Waals surface area contributed by atoms with Crippen molar-refractivity contribution >= 4 is 0 Å². The van der Waals surface area contributed by atoms with Gasteiger partial charge >= 0.3 is 0 Å². The van der Waals surface area contributed by atoms with E-state index in [1.165, 1.54) is 0 Å². The molecule has 0 amide bonds. The third-order valence-corrected chi connectivity index (χ3v) is 1.08. The minimum atomic E-state index is 0.331. The van der Waals surface area contributed by atoms with Crippen molar-refractivity contribution < 1.29 is 9.47 Å². The number of rotatable bonds is 0. The summed E-state index contributed by atoms with van der Waals surface area (Å²) < 4.78 is 10.2. The smallest absolute Gasteiger partial charge is 0.0700 e. The van der Waals surface area contributed by atoms with E-state index < -0.39 is 0 Å². The van der Waals surface area contributed by atoms with Crippen LogP contribution in [-0.2, 0) is 9.47 Å². The Balaban J connectivity index is 2.17. The van der Waals surface area contributed by atoms with Crippen molar-refractivity contribution in [3.63, 3.8) is 0 Å². The molecular formula is C6H11O2. The molecule has 0 N–H and O–H groups in total. The Morgan fingerprint density at radius 2 is 1.62 bits per heavy atom. The molecule has 1 heterocycles. The lowest BCUT2D eigenvalue weighted by atomic mass is 10.2. The molecule has 0 aromatic heterocycles. The molecule has 0 aromatic rings. The highest BCUT2D eigenvalue weighted by molar-refractivity contribution is 4.60. The molecule has 0 bridgehead atoms. The summed E-state index contributed by atoms with van der Waals surface area (Å²) >= 11 is 0. The van der Waals surface area contributed by atoms with Crippen LogP contribution in [0.5, 0.6) is 0 Å². The third-order valence-electron chi connectivity index (χ3n) is 1.08. The molecule has 0 spiro atoms. The molecule has 0 aromatic carbocycles. The molecule has 1 rings (SSSR count). The van der Waals surface area contributed by atoms with Gasteiger partial charge in [0.25, 0.3) is 0 Å². The zero-order valence-corrected chi connectivity index (χ0v) is 4.93. The highest BCUT2D eigenvalue weighted by atomic mass is 16.5. The van der Waals surface area contributed by atoms with Crippen LogP contribution in [0.25, 0.3) is 0 Å². The van der Waals surface area contributed by atoms with Gasteiger partial charge < -0.3 is 9.47 Å². The molecule has 1 aliphatic heterocycles. The maximum Gasteiger partial charge on any atom is 0.0700 e. The maximum absolute atomic E-state index is 5.12. The summed E-state index contributed by atoms with van der Waals surface area (Å²) in [6.07, 6.45) is 0. The topological polar surface area (TPSA) is 18.5 Å². The average molecular weight is 115 g/mol. The minimum Gasteiger partial charge on any atom is -0.379 e. The van der Waals surface area contributed by atoms with Crippen LogP contribution in [0, 0.1) is 12.8 Å². The second-order valence-electron chi connectivity index (χ2n) is 2.02.